The summed E-state index contributed by atoms with van der Waals surface area (Å²) in [5.41, 5.74) is 2.24. The van der Waals surface area contributed by atoms with Gasteiger partial charge in [0.2, 0.25) is 0 Å². The highest BCUT2D eigenvalue weighted by Crippen LogP contribution is 2.28. The first-order valence-corrected chi connectivity index (χ1v) is 5.92. The Morgan fingerprint density at radius 1 is 1.60 bits per heavy atom. The van der Waals surface area contributed by atoms with Crippen LogP contribution in [0.15, 0.2) is 18.2 Å². The summed E-state index contributed by atoms with van der Waals surface area (Å²) in [6.07, 6.45) is 1.92. The molecule has 0 fully saturated rings. The van der Waals surface area contributed by atoms with Gasteiger partial charge in [-0.25, -0.2) is 0 Å². The van der Waals surface area contributed by atoms with E-state index in [4.69, 9.17) is 0 Å². The van der Waals surface area contributed by atoms with Gasteiger partial charge in [0.25, 0.3) is 5.69 Å². The molecule has 1 atom stereocenters. The van der Waals surface area contributed by atoms with Crippen LogP contribution in [-0.4, -0.2) is 16.3 Å². The Hall–Kier alpha value is -1.10. The number of nitro groups is 1. The molecular weight excluding hydrogens is 260 g/mol. The Kier molecular flexibility index (Phi) is 2.90. The third kappa shape index (κ3) is 2.12. The summed E-state index contributed by atoms with van der Waals surface area (Å²) in [5, 5.41) is 14.8. The predicted octanol–water partition coefficient (Wildman–Crippen LogP) is 2.72. The highest BCUT2D eigenvalue weighted by molar-refractivity contribution is 9.09. The van der Waals surface area contributed by atoms with Crippen LogP contribution in [0.4, 0.5) is 11.4 Å². The van der Waals surface area contributed by atoms with Crippen LogP contribution < -0.4 is 5.32 Å². The molecule has 0 radical (unpaired) electrons. The molecule has 80 valence electrons. The van der Waals surface area contributed by atoms with E-state index in [-0.39, 0.29) is 10.6 Å². The van der Waals surface area contributed by atoms with Gasteiger partial charge in [0.05, 0.1) is 4.92 Å². The number of nitrogens with zero attached hydrogens (tertiary/aromatic N) is 1. The Morgan fingerprint density at radius 3 is 3.07 bits per heavy atom. The molecule has 0 aromatic heterocycles. The van der Waals surface area contributed by atoms with Crippen molar-refractivity contribution in [2.75, 3.05) is 10.6 Å². The van der Waals surface area contributed by atoms with E-state index in [9.17, 15) is 10.1 Å². The van der Waals surface area contributed by atoms with Crippen molar-refractivity contribution in [1.82, 2.24) is 0 Å². The number of non-ortho nitro benzene ring substituents is 1. The van der Waals surface area contributed by atoms with Crippen LogP contribution in [0.5, 0.6) is 0 Å². The van der Waals surface area contributed by atoms with Crippen molar-refractivity contribution in [1.29, 1.82) is 0 Å². The highest BCUT2D eigenvalue weighted by Gasteiger charge is 2.18. The lowest BCUT2D eigenvalue weighted by atomic mass is 9.98. The quantitative estimate of drug-likeness (QED) is 0.511. The first kappa shape index (κ1) is 10.4. The van der Waals surface area contributed by atoms with Gasteiger partial charge in [-0.1, -0.05) is 15.9 Å². The third-order valence-electron chi connectivity index (χ3n) is 2.61. The fourth-order valence-electron chi connectivity index (χ4n) is 1.78. The molecule has 0 spiro atoms. The molecule has 15 heavy (non-hydrogen) atoms. The third-order valence-corrected chi connectivity index (χ3v) is 3.39. The zero-order valence-electron chi connectivity index (χ0n) is 8.07. The van der Waals surface area contributed by atoms with Gasteiger partial charge in [-0.05, 0) is 24.5 Å². The van der Waals surface area contributed by atoms with Gasteiger partial charge >= 0.3 is 0 Å². The summed E-state index contributed by atoms with van der Waals surface area (Å²) >= 11 is 3.43. The highest BCUT2D eigenvalue weighted by atomic mass is 79.9. The predicted molar refractivity (Wildman–Crippen MR) is 62.6 cm³/mol. The van der Waals surface area contributed by atoms with Crippen LogP contribution in [0, 0.1) is 10.1 Å². The lowest BCUT2D eigenvalue weighted by Gasteiger charge is -2.25. The summed E-state index contributed by atoms with van der Waals surface area (Å²) in [6.45, 7) is 0. The van der Waals surface area contributed by atoms with Crippen molar-refractivity contribution in [2.24, 2.45) is 0 Å². The van der Waals surface area contributed by atoms with Gasteiger partial charge in [0.1, 0.15) is 0 Å². The maximum atomic E-state index is 10.6. The van der Waals surface area contributed by atoms with E-state index in [0.717, 1.165) is 29.4 Å². The van der Waals surface area contributed by atoms with Crippen LogP contribution in [0.1, 0.15) is 12.0 Å². The zero-order chi connectivity index (χ0) is 10.8. The van der Waals surface area contributed by atoms with E-state index in [1.54, 1.807) is 18.2 Å². The molecule has 0 amide bonds. The SMILES string of the molecule is O=[N+]([O-])c1ccc2c(c1)CC[C@@H](CBr)N2. The molecule has 0 saturated heterocycles. The minimum absolute atomic E-state index is 0.174. The van der Waals surface area contributed by atoms with Crippen molar-refractivity contribution < 1.29 is 4.92 Å². The topological polar surface area (TPSA) is 55.2 Å². The second-order valence-corrected chi connectivity index (χ2v) is 4.28. The number of halogens is 1. The van der Waals surface area contributed by atoms with Crippen molar-refractivity contribution in [2.45, 2.75) is 18.9 Å². The molecule has 0 bridgehead atoms. The molecule has 0 saturated carbocycles. The van der Waals surface area contributed by atoms with Crippen molar-refractivity contribution in [3.8, 4) is 0 Å². The van der Waals surface area contributed by atoms with E-state index in [2.05, 4.69) is 21.2 Å². The second kappa shape index (κ2) is 4.18. The van der Waals surface area contributed by atoms with Crippen LogP contribution >= 0.6 is 15.9 Å². The number of nitro benzene ring substituents is 1. The molecule has 4 nitrogen and oxygen atoms in total. The largest absolute Gasteiger partial charge is 0.381 e. The number of fused-ring (bicyclic) bond motifs is 1. The zero-order valence-corrected chi connectivity index (χ0v) is 9.66. The molecule has 1 aliphatic heterocycles. The smallest absolute Gasteiger partial charge is 0.269 e. The van der Waals surface area contributed by atoms with Crippen LogP contribution in [0.25, 0.3) is 0 Å². The monoisotopic (exact) mass is 270 g/mol. The maximum Gasteiger partial charge on any atom is 0.269 e. The first-order valence-electron chi connectivity index (χ1n) is 4.80. The van der Waals surface area contributed by atoms with Crippen LogP contribution in [0.3, 0.4) is 0 Å². The van der Waals surface area contributed by atoms with E-state index in [0.29, 0.717) is 6.04 Å². The molecule has 1 aromatic rings. The molecule has 2 rings (SSSR count). The number of benzene rings is 1. The van der Waals surface area contributed by atoms with Gasteiger partial charge in [0.15, 0.2) is 0 Å². The molecular formula is C10H11BrN2O2. The molecule has 5 heteroatoms. The van der Waals surface area contributed by atoms with Crippen LogP contribution in [0.2, 0.25) is 0 Å². The number of hydrogen-bond acceptors (Lipinski definition) is 3. The van der Waals surface area contributed by atoms with E-state index < -0.39 is 0 Å². The molecule has 1 heterocycles. The number of anilines is 1. The maximum absolute atomic E-state index is 10.6. The summed E-state index contributed by atoms with van der Waals surface area (Å²) in [6, 6.07) is 5.43. The number of alkyl halides is 1. The molecule has 0 aliphatic carbocycles. The van der Waals surface area contributed by atoms with Crippen molar-refractivity contribution in [3.05, 3.63) is 33.9 Å². The lowest BCUT2D eigenvalue weighted by Crippen LogP contribution is -2.26. The standard InChI is InChI=1S/C10H11BrN2O2/c11-6-8-2-1-7-5-9(13(14)15)3-4-10(7)12-8/h3-5,8,12H,1-2,6H2/t8-/m0/s1. The average molecular weight is 271 g/mol. The molecule has 1 aromatic carbocycles. The van der Waals surface area contributed by atoms with Gasteiger partial charge in [-0.15, -0.1) is 0 Å². The summed E-state index contributed by atoms with van der Waals surface area (Å²) in [4.78, 5) is 10.2. The van der Waals surface area contributed by atoms with Gasteiger partial charge in [-0.2, -0.15) is 0 Å². The fraction of sp³-hybridized carbons (Fsp3) is 0.400. The minimum Gasteiger partial charge on any atom is -0.381 e. The van der Waals surface area contributed by atoms with Gasteiger partial charge in [-0.3, -0.25) is 10.1 Å². The summed E-state index contributed by atoms with van der Waals surface area (Å²) in [5.74, 6) is 0. The Bertz CT molecular complexity index is 395. The molecule has 1 N–H and O–H groups in total. The average Bonchev–Trinajstić information content (AvgIpc) is 2.27. The first-order chi connectivity index (χ1) is 7.20. The Balaban J connectivity index is 2.28. The van der Waals surface area contributed by atoms with Crippen molar-refractivity contribution in [3.63, 3.8) is 0 Å². The minimum atomic E-state index is -0.350. The van der Waals surface area contributed by atoms with E-state index >= 15 is 0 Å². The van der Waals surface area contributed by atoms with Crippen LogP contribution in [-0.2, 0) is 6.42 Å². The summed E-state index contributed by atoms with van der Waals surface area (Å²) < 4.78 is 0. The van der Waals surface area contributed by atoms with E-state index in [1.165, 1.54) is 0 Å². The number of hydrogen-bond donors (Lipinski definition) is 1. The Labute approximate surface area is 96.0 Å². The fourth-order valence-corrected chi connectivity index (χ4v) is 2.26. The molecule has 1 aliphatic rings. The summed E-state index contributed by atoms with van der Waals surface area (Å²) in [7, 11) is 0. The second-order valence-electron chi connectivity index (χ2n) is 3.63. The normalized spacial score (nSPS) is 19.1. The number of aryl methyl sites for hydroxylation is 1. The lowest BCUT2D eigenvalue weighted by molar-refractivity contribution is -0.384. The van der Waals surface area contributed by atoms with Gasteiger partial charge < -0.3 is 5.32 Å². The van der Waals surface area contributed by atoms with E-state index in [1.807, 2.05) is 0 Å². The van der Waals surface area contributed by atoms with Crippen molar-refractivity contribution >= 4 is 27.3 Å². The Morgan fingerprint density at radius 2 is 2.40 bits per heavy atom. The number of nitrogens with one attached hydrogen (secondary N) is 1. The van der Waals surface area contributed by atoms with Gasteiger partial charge in [0, 0.05) is 29.2 Å². The molecule has 0 unspecified atom stereocenters. The number of rotatable bonds is 2.